The van der Waals surface area contributed by atoms with E-state index >= 15 is 0 Å². The summed E-state index contributed by atoms with van der Waals surface area (Å²) in [6.45, 7) is 6.53. The first kappa shape index (κ1) is 14.5. The summed E-state index contributed by atoms with van der Waals surface area (Å²) in [7, 11) is 0. The van der Waals surface area contributed by atoms with Gasteiger partial charge in [0.2, 0.25) is 0 Å². The fraction of sp³-hybridized carbons (Fsp3) is 0.500. The second-order valence-electron chi connectivity index (χ2n) is 5.72. The molecule has 112 valence electrons. The molecule has 3 heterocycles. The Hall–Kier alpha value is -1.46. The molecule has 1 aliphatic rings. The van der Waals surface area contributed by atoms with Gasteiger partial charge >= 0.3 is 0 Å². The Bertz CT molecular complexity index is 547. The maximum Gasteiger partial charge on any atom is 0.129 e. The van der Waals surface area contributed by atoms with Gasteiger partial charge in [0.1, 0.15) is 12.1 Å². The van der Waals surface area contributed by atoms with Crippen LogP contribution in [0, 0.1) is 12.8 Å². The number of piperidine rings is 1. The smallest absolute Gasteiger partial charge is 0.129 e. The standard InChI is InChI=1S/C16H22N4S/c1-13-9-16(19-12-18-13)17-10-14-4-6-20(7-5-14)11-15-3-2-8-21-15/h2-3,8-9,12,14H,4-7,10-11H2,1H3,(H,17,18,19). The number of hydrogen-bond donors (Lipinski definition) is 1. The number of nitrogens with zero attached hydrogens (tertiary/aromatic N) is 3. The van der Waals surface area contributed by atoms with Gasteiger partial charge in [-0.3, -0.25) is 4.90 Å². The van der Waals surface area contributed by atoms with Crippen LogP contribution < -0.4 is 5.32 Å². The van der Waals surface area contributed by atoms with E-state index in [1.54, 1.807) is 6.33 Å². The van der Waals surface area contributed by atoms with Crippen LogP contribution >= 0.6 is 11.3 Å². The fourth-order valence-electron chi connectivity index (χ4n) is 2.77. The highest BCUT2D eigenvalue weighted by Crippen LogP contribution is 2.21. The van der Waals surface area contributed by atoms with Crippen molar-refractivity contribution in [3.05, 3.63) is 40.5 Å². The Balaban J connectivity index is 1.41. The zero-order chi connectivity index (χ0) is 14.5. The first-order valence-electron chi connectivity index (χ1n) is 7.57. The van der Waals surface area contributed by atoms with Gasteiger partial charge in [-0.2, -0.15) is 0 Å². The zero-order valence-corrected chi connectivity index (χ0v) is 13.3. The molecule has 0 aliphatic carbocycles. The van der Waals surface area contributed by atoms with E-state index in [-0.39, 0.29) is 0 Å². The Labute approximate surface area is 130 Å². The van der Waals surface area contributed by atoms with Gasteiger partial charge < -0.3 is 5.32 Å². The summed E-state index contributed by atoms with van der Waals surface area (Å²) >= 11 is 1.86. The molecule has 21 heavy (non-hydrogen) atoms. The topological polar surface area (TPSA) is 41.0 Å². The molecule has 0 unspecified atom stereocenters. The molecule has 0 amide bonds. The van der Waals surface area contributed by atoms with Crippen LogP contribution in [-0.4, -0.2) is 34.5 Å². The molecular formula is C16H22N4S. The summed E-state index contributed by atoms with van der Waals surface area (Å²) in [6.07, 6.45) is 4.16. The molecule has 2 aromatic rings. The number of thiophene rings is 1. The molecule has 2 aromatic heterocycles. The van der Waals surface area contributed by atoms with E-state index in [2.05, 4.69) is 37.7 Å². The van der Waals surface area contributed by atoms with E-state index in [9.17, 15) is 0 Å². The first-order chi connectivity index (χ1) is 10.3. The Kier molecular flexibility index (Phi) is 4.83. The molecule has 1 fully saturated rings. The average molecular weight is 302 g/mol. The lowest BCUT2D eigenvalue weighted by Crippen LogP contribution is -2.35. The van der Waals surface area contributed by atoms with Crippen LogP contribution in [0.2, 0.25) is 0 Å². The van der Waals surface area contributed by atoms with Crippen molar-refractivity contribution in [1.29, 1.82) is 0 Å². The predicted molar refractivity (Wildman–Crippen MR) is 87.6 cm³/mol. The molecule has 5 heteroatoms. The number of aryl methyl sites for hydroxylation is 1. The Morgan fingerprint density at radius 3 is 2.90 bits per heavy atom. The first-order valence-corrected chi connectivity index (χ1v) is 8.45. The molecule has 0 spiro atoms. The molecular weight excluding hydrogens is 280 g/mol. The quantitative estimate of drug-likeness (QED) is 0.921. The third kappa shape index (κ3) is 4.25. The number of likely N-dealkylation sites (tertiary alicyclic amines) is 1. The SMILES string of the molecule is Cc1cc(NCC2CCN(Cc3cccs3)CC2)ncn1. The minimum atomic E-state index is 0.750. The molecule has 0 atom stereocenters. The monoisotopic (exact) mass is 302 g/mol. The number of nitrogens with one attached hydrogen (secondary N) is 1. The number of anilines is 1. The third-order valence-electron chi connectivity index (χ3n) is 4.04. The summed E-state index contributed by atoms with van der Waals surface area (Å²) in [5, 5.41) is 5.61. The highest BCUT2D eigenvalue weighted by Gasteiger charge is 2.19. The molecule has 0 bridgehead atoms. The van der Waals surface area contributed by atoms with Crippen molar-refractivity contribution in [1.82, 2.24) is 14.9 Å². The van der Waals surface area contributed by atoms with Crippen LogP contribution in [-0.2, 0) is 6.54 Å². The Morgan fingerprint density at radius 2 is 2.19 bits per heavy atom. The van der Waals surface area contributed by atoms with E-state index in [1.165, 1.54) is 30.8 Å². The van der Waals surface area contributed by atoms with E-state index in [1.807, 2.05) is 24.3 Å². The van der Waals surface area contributed by atoms with E-state index in [4.69, 9.17) is 0 Å². The van der Waals surface area contributed by atoms with Crippen LogP contribution in [0.5, 0.6) is 0 Å². The zero-order valence-electron chi connectivity index (χ0n) is 12.5. The summed E-state index contributed by atoms with van der Waals surface area (Å²) < 4.78 is 0. The molecule has 0 aromatic carbocycles. The van der Waals surface area contributed by atoms with Gasteiger partial charge in [-0.15, -0.1) is 11.3 Å². The summed E-state index contributed by atoms with van der Waals surface area (Å²) in [5.41, 5.74) is 1.01. The van der Waals surface area contributed by atoms with Crippen molar-refractivity contribution in [2.75, 3.05) is 25.0 Å². The molecule has 0 saturated carbocycles. The Morgan fingerprint density at radius 1 is 1.33 bits per heavy atom. The van der Waals surface area contributed by atoms with E-state index in [0.29, 0.717) is 0 Å². The molecule has 1 saturated heterocycles. The highest BCUT2D eigenvalue weighted by atomic mass is 32.1. The lowest BCUT2D eigenvalue weighted by atomic mass is 9.97. The number of aromatic nitrogens is 2. The summed E-state index contributed by atoms with van der Waals surface area (Å²) in [4.78, 5) is 12.4. The lowest BCUT2D eigenvalue weighted by molar-refractivity contribution is 0.184. The van der Waals surface area contributed by atoms with Crippen LogP contribution in [0.25, 0.3) is 0 Å². The molecule has 1 N–H and O–H groups in total. The largest absolute Gasteiger partial charge is 0.370 e. The van der Waals surface area contributed by atoms with Gasteiger partial charge in [0.15, 0.2) is 0 Å². The summed E-state index contributed by atoms with van der Waals surface area (Å²) in [6, 6.07) is 6.38. The van der Waals surface area contributed by atoms with Crippen LogP contribution in [0.1, 0.15) is 23.4 Å². The number of rotatable bonds is 5. The molecule has 0 radical (unpaired) electrons. The third-order valence-corrected chi connectivity index (χ3v) is 4.90. The maximum absolute atomic E-state index is 4.26. The van der Waals surface area contributed by atoms with Crippen molar-refractivity contribution in [2.45, 2.75) is 26.3 Å². The van der Waals surface area contributed by atoms with Gasteiger partial charge in [-0.25, -0.2) is 9.97 Å². The predicted octanol–water partition coefficient (Wildman–Crippen LogP) is 3.17. The second kappa shape index (κ2) is 7.00. The minimum Gasteiger partial charge on any atom is -0.370 e. The maximum atomic E-state index is 4.26. The molecule has 4 nitrogen and oxygen atoms in total. The van der Waals surface area contributed by atoms with Gasteiger partial charge in [-0.05, 0) is 50.2 Å². The average Bonchev–Trinajstić information content (AvgIpc) is 3.00. The highest BCUT2D eigenvalue weighted by molar-refractivity contribution is 7.09. The van der Waals surface area contributed by atoms with Crippen molar-refractivity contribution >= 4 is 17.2 Å². The molecule has 3 rings (SSSR count). The van der Waals surface area contributed by atoms with Crippen molar-refractivity contribution in [3.8, 4) is 0 Å². The van der Waals surface area contributed by atoms with E-state index in [0.717, 1.165) is 30.5 Å². The fourth-order valence-corrected chi connectivity index (χ4v) is 3.52. The minimum absolute atomic E-state index is 0.750. The van der Waals surface area contributed by atoms with Crippen LogP contribution in [0.4, 0.5) is 5.82 Å². The van der Waals surface area contributed by atoms with Gasteiger partial charge in [0.05, 0.1) is 0 Å². The van der Waals surface area contributed by atoms with Gasteiger partial charge in [-0.1, -0.05) is 6.07 Å². The van der Waals surface area contributed by atoms with Crippen LogP contribution in [0.3, 0.4) is 0 Å². The van der Waals surface area contributed by atoms with E-state index < -0.39 is 0 Å². The van der Waals surface area contributed by atoms with Crippen molar-refractivity contribution in [2.24, 2.45) is 5.92 Å². The van der Waals surface area contributed by atoms with Crippen molar-refractivity contribution in [3.63, 3.8) is 0 Å². The van der Waals surface area contributed by atoms with Gasteiger partial charge in [0.25, 0.3) is 0 Å². The number of hydrogen-bond acceptors (Lipinski definition) is 5. The summed E-state index contributed by atoms with van der Waals surface area (Å²) in [5.74, 6) is 1.70. The van der Waals surface area contributed by atoms with Crippen LogP contribution in [0.15, 0.2) is 29.9 Å². The van der Waals surface area contributed by atoms with Crippen molar-refractivity contribution < 1.29 is 0 Å². The van der Waals surface area contributed by atoms with Gasteiger partial charge in [0, 0.05) is 29.7 Å². The normalized spacial score (nSPS) is 17.0. The lowest BCUT2D eigenvalue weighted by Gasteiger charge is -2.31. The second-order valence-corrected chi connectivity index (χ2v) is 6.76. The molecule has 1 aliphatic heterocycles.